The van der Waals surface area contributed by atoms with E-state index in [1.807, 2.05) is 0 Å². The zero-order chi connectivity index (χ0) is 12.1. The van der Waals surface area contributed by atoms with Crippen LogP contribution >= 0.6 is 0 Å². The molecule has 5 heteroatoms. The number of hydrogen-bond acceptors (Lipinski definition) is 3. The van der Waals surface area contributed by atoms with Gasteiger partial charge in [0.2, 0.25) is 0 Å². The van der Waals surface area contributed by atoms with Gasteiger partial charge in [-0.3, -0.25) is 5.32 Å². The Morgan fingerprint density at radius 2 is 2.29 bits per heavy atom. The third kappa shape index (κ3) is 3.62. The van der Waals surface area contributed by atoms with E-state index in [2.05, 4.69) is 21.9 Å². The number of allylic oxidation sites excluding steroid dienone is 1. The number of amides is 2. The summed E-state index contributed by atoms with van der Waals surface area (Å²) in [5.41, 5.74) is 0. The summed E-state index contributed by atoms with van der Waals surface area (Å²) in [6.45, 7) is 1.77. The Bertz CT molecular complexity index is 406. The highest BCUT2D eigenvalue weighted by molar-refractivity contribution is 5.88. The minimum atomic E-state index is -0.299. The van der Waals surface area contributed by atoms with Crippen LogP contribution in [0, 0.1) is 12.8 Å². The van der Waals surface area contributed by atoms with Crippen LogP contribution < -0.4 is 10.6 Å². The Morgan fingerprint density at radius 1 is 1.53 bits per heavy atom. The van der Waals surface area contributed by atoms with E-state index >= 15 is 0 Å². The summed E-state index contributed by atoms with van der Waals surface area (Å²) in [6.07, 6.45) is 8.79. The average Bonchev–Trinajstić information content (AvgIpc) is 2.90. The topological polar surface area (TPSA) is 67.2 Å². The fraction of sp³-hybridized carbons (Fsp3) is 0.500. The molecule has 1 fully saturated rings. The van der Waals surface area contributed by atoms with Crippen molar-refractivity contribution in [2.75, 3.05) is 5.32 Å². The van der Waals surface area contributed by atoms with Gasteiger partial charge in [0.05, 0.1) is 0 Å². The van der Waals surface area contributed by atoms with Crippen molar-refractivity contribution in [1.29, 1.82) is 0 Å². The highest BCUT2D eigenvalue weighted by Crippen LogP contribution is 2.25. The number of aromatic nitrogens is 1. The lowest BCUT2D eigenvalue weighted by Crippen LogP contribution is -2.24. The fourth-order valence-electron chi connectivity index (χ4n) is 1.99. The normalized spacial score (nSPS) is 16.5. The summed E-state index contributed by atoms with van der Waals surface area (Å²) in [5.74, 6) is 1.71. The first kappa shape index (κ1) is 11.7. The summed E-state index contributed by atoms with van der Waals surface area (Å²) >= 11 is 0. The van der Waals surface area contributed by atoms with Crippen molar-refractivity contribution in [3.05, 3.63) is 24.1 Å². The second kappa shape index (κ2) is 5.52. The highest BCUT2D eigenvalue weighted by atomic mass is 16.5. The van der Waals surface area contributed by atoms with E-state index in [0.717, 1.165) is 0 Å². The number of carbonyl (C=O) groups excluding carboxylic acids is 1. The minimum Gasteiger partial charge on any atom is -0.360 e. The molecule has 1 aliphatic carbocycles. The Morgan fingerprint density at radius 3 is 2.94 bits per heavy atom. The van der Waals surface area contributed by atoms with Crippen LogP contribution in [0.1, 0.15) is 31.4 Å². The molecule has 92 valence electrons. The van der Waals surface area contributed by atoms with Crippen LogP contribution in [0.2, 0.25) is 0 Å². The van der Waals surface area contributed by atoms with Crippen molar-refractivity contribution >= 4 is 11.8 Å². The van der Waals surface area contributed by atoms with Crippen molar-refractivity contribution < 1.29 is 9.32 Å². The van der Waals surface area contributed by atoms with Gasteiger partial charge in [0.25, 0.3) is 0 Å². The molecule has 1 aliphatic rings. The smallest absolute Gasteiger partial charge is 0.324 e. The molecule has 5 nitrogen and oxygen atoms in total. The molecule has 1 aromatic heterocycles. The molecule has 2 N–H and O–H groups in total. The second-order valence-corrected chi connectivity index (χ2v) is 4.32. The van der Waals surface area contributed by atoms with Gasteiger partial charge in [-0.05, 0) is 25.7 Å². The standard InChI is InChI=1S/C12H17N3O2/c1-9-8-11(15-17-9)14-12(16)13-7-6-10-4-2-3-5-10/h6-8,10H,2-5H2,1H3,(H2,13,14,15,16)/b7-6+. The summed E-state index contributed by atoms with van der Waals surface area (Å²) in [6, 6.07) is 1.37. The van der Waals surface area contributed by atoms with Crippen LogP contribution in [0.3, 0.4) is 0 Å². The Balaban J connectivity index is 1.73. The van der Waals surface area contributed by atoms with Gasteiger partial charge >= 0.3 is 6.03 Å². The number of anilines is 1. The molecule has 0 saturated heterocycles. The quantitative estimate of drug-likeness (QED) is 0.846. The maximum Gasteiger partial charge on any atom is 0.324 e. The molecule has 1 aromatic rings. The first-order valence-corrected chi connectivity index (χ1v) is 5.91. The van der Waals surface area contributed by atoms with Crippen LogP contribution in [0.15, 0.2) is 22.9 Å². The van der Waals surface area contributed by atoms with Crippen LogP contribution in [0.5, 0.6) is 0 Å². The number of carbonyl (C=O) groups is 1. The lowest BCUT2D eigenvalue weighted by atomic mass is 10.1. The summed E-state index contributed by atoms with van der Waals surface area (Å²) in [7, 11) is 0. The molecular weight excluding hydrogens is 218 g/mol. The third-order valence-corrected chi connectivity index (χ3v) is 2.85. The first-order chi connectivity index (χ1) is 8.24. The van der Waals surface area contributed by atoms with Gasteiger partial charge in [-0.15, -0.1) is 0 Å². The van der Waals surface area contributed by atoms with Gasteiger partial charge in [0.1, 0.15) is 5.76 Å². The molecule has 0 atom stereocenters. The van der Waals surface area contributed by atoms with E-state index in [9.17, 15) is 4.79 Å². The van der Waals surface area contributed by atoms with Crippen molar-refractivity contribution in [3.8, 4) is 0 Å². The maximum atomic E-state index is 11.4. The zero-order valence-corrected chi connectivity index (χ0v) is 9.90. The van der Waals surface area contributed by atoms with Crippen molar-refractivity contribution in [2.45, 2.75) is 32.6 Å². The van der Waals surface area contributed by atoms with E-state index in [0.29, 0.717) is 17.5 Å². The van der Waals surface area contributed by atoms with E-state index in [-0.39, 0.29) is 6.03 Å². The monoisotopic (exact) mass is 235 g/mol. The van der Waals surface area contributed by atoms with Crippen molar-refractivity contribution in [3.63, 3.8) is 0 Å². The van der Waals surface area contributed by atoms with Gasteiger partial charge in [0, 0.05) is 12.3 Å². The summed E-state index contributed by atoms with van der Waals surface area (Å²) in [5, 5.41) is 8.91. The van der Waals surface area contributed by atoms with Crippen molar-refractivity contribution in [1.82, 2.24) is 10.5 Å². The third-order valence-electron chi connectivity index (χ3n) is 2.85. The van der Waals surface area contributed by atoms with Gasteiger partial charge in [-0.2, -0.15) is 0 Å². The number of rotatable bonds is 3. The lowest BCUT2D eigenvalue weighted by Gasteiger charge is -2.02. The molecule has 0 radical (unpaired) electrons. The van der Waals surface area contributed by atoms with Crippen LogP contribution in [-0.4, -0.2) is 11.2 Å². The lowest BCUT2D eigenvalue weighted by molar-refractivity contribution is 0.254. The van der Waals surface area contributed by atoms with Crippen molar-refractivity contribution in [2.24, 2.45) is 5.92 Å². The maximum absolute atomic E-state index is 11.4. The number of hydrogen-bond donors (Lipinski definition) is 2. The SMILES string of the molecule is Cc1cc(NC(=O)N/C=C/C2CCCC2)no1. The van der Waals surface area contributed by atoms with E-state index in [1.54, 1.807) is 19.2 Å². The summed E-state index contributed by atoms with van der Waals surface area (Å²) in [4.78, 5) is 11.4. The molecule has 2 amide bonds. The van der Waals surface area contributed by atoms with Gasteiger partial charge < -0.3 is 9.84 Å². The van der Waals surface area contributed by atoms with Crippen LogP contribution in [0.25, 0.3) is 0 Å². The van der Waals surface area contributed by atoms with Gasteiger partial charge in [-0.25, -0.2) is 4.79 Å². The van der Waals surface area contributed by atoms with Crippen LogP contribution in [-0.2, 0) is 0 Å². The average molecular weight is 235 g/mol. The molecule has 0 unspecified atom stereocenters. The van der Waals surface area contributed by atoms with E-state index < -0.39 is 0 Å². The number of nitrogens with zero attached hydrogens (tertiary/aromatic N) is 1. The zero-order valence-electron chi connectivity index (χ0n) is 9.90. The predicted molar refractivity (Wildman–Crippen MR) is 64.5 cm³/mol. The number of urea groups is 1. The minimum absolute atomic E-state index is 0.299. The predicted octanol–water partition coefficient (Wildman–Crippen LogP) is 2.81. The molecule has 2 rings (SSSR count). The number of aryl methyl sites for hydroxylation is 1. The van der Waals surface area contributed by atoms with Gasteiger partial charge in [0.15, 0.2) is 5.82 Å². The Hall–Kier alpha value is -1.78. The second-order valence-electron chi connectivity index (χ2n) is 4.32. The highest BCUT2D eigenvalue weighted by Gasteiger charge is 2.11. The van der Waals surface area contributed by atoms with Crippen LogP contribution in [0.4, 0.5) is 10.6 Å². The molecule has 1 saturated carbocycles. The Labute approximate surface area is 100 Å². The molecule has 0 spiro atoms. The van der Waals surface area contributed by atoms with Gasteiger partial charge in [-0.1, -0.05) is 24.1 Å². The molecule has 17 heavy (non-hydrogen) atoms. The molecule has 1 heterocycles. The summed E-state index contributed by atoms with van der Waals surface area (Å²) < 4.78 is 4.84. The number of nitrogens with one attached hydrogen (secondary N) is 2. The molecule has 0 bridgehead atoms. The molecule has 0 aliphatic heterocycles. The fourth-order valence-corrected chi connectivity index (χ4v) is 1.99. The first-order valence-electron chi connectivity index (χ1n) is 5.91. The molecular formula is C12H17N3O2. The van der Waals surface area contributed by atoms with E-state index in [1.165, 1.54) is 25.7 Å². The molecule has 0 aromatic carbocycles. The largest absolute Gasteiger partial charge is 0.360 e. The van der Waals surface area contributed by atoms with E-state index in [4.69, 9.17) is 4.52 Å². The Kier molecular flexibility index (Phi) is 3.80.